The highest BCUT2D eigenvalue weighted by Gasteiger charge is 2.23. The van der Waals surface area contributed by atoms with Gasteiger partial charge >= 0.3 is 0 Å². The van der Waals surface area contributed by atoms with Gasteiger partial charge in [0.15, 0.2) is 11.0 Å². The number of nitriles is 1. The van der Waals surface area contributed by atoms with Gasteiger partial charge in [-0.1, -0.05) is 12.1 Å². The minimum atomic E-state index is -0.318. The second kappa shape index (κ2) is 10.5. The van der Waals surface area contributed by atoms with Crippen LogP contribution in [0, 0.1) is 18.3 Å². The van der Waals surface area contributed by atoms with Crippen molar-refractivity contribution in [2.24, 2.45) is 0 Å². The van der Waals surface area contributed by atoms with Gasteiger partial charge in [0.05, 0.1) is 24.9 Å². The number of amides is 1. The van der Waals surface area contributed by atoms with E-state index in [1.165, 1.54) is 11.3 Å². The average molecular weight is 468 g/mol. The highest BCUT2D eigenvalue weighted by Crippen LogP contribution is 2.28. The van der Waals surface area contributed by atoms with Gasteiger partial charge in [-0.25, -0.2) is 15.0 Å². The van der Waals surface area contributed by atoms with Crippen LogP contribution in [0.1, 0.15) is 59.4 Å². The number of thiazole rings is 1. The van der Waals surface area contributed by atoms with Gasteiger partial charge in [0.1, 0.15) is 17.3 Å². The SMILES string of the molecule is CCc1nc(CNC(=O)c2csc(Nc3cc([C@@H]4CCCN(CC#N)C4)nc(C)n3)n2)no1. The number of anilines is 2. The maximum atomic E-state index is 12.4. The van der Waals surface area contributed by atoms with Crippen LogP contribution >= 0.6 is 11.3 Å². The van der Waals surface area contributed by atoms with Gasteiger partial charge < -0.3 is 15.2 Å². The molecule has 0 aromatic carbocycles. The van der Waals surface area contributed by atoms with E-state index in [2.05, 4.69) is 46.7 Å². The average Bonchev–Trinajstić information content (AvgIpc) is 3.47. The number of carbonyl (C=O) groups is 1. The second-order valence-corrected chi connectivity index (χ2v) is 8.62. The predicted octanol–water partition coefficient (Wildman–Crippen LogP) is 2.56. The first-order chi connectivity index (χ1) is 16.0. The summed E-state index contributed by atoms with van der Waals surface area (Å²) in [5, 5.41) is 21.0. The smallest absolute Gasteiger partial charge is 0.271 e. The summed E-state index contributed by atoms with van der Waals surface area (Å²) in [4.78, 5) is 32.2. The number of aryl methyl sites for hydroxylation is 2. The van der Waals surface area contributed by atoms with Crippen LogP contribution < -0.4 is 10.6 Å². The summed E-state index contributed by atoms with van der Waals surface area (Å²) < 4.78 is 5.04. The van der Waals surface area contributed by atoms with Gasteiger partial charge in [-0.05, 0) is 26.3 Å². The van der Waals surface area contributed by atoms with Crippen LogP contribution in [0.4, 0.5) is 10.9 Å². The topological polar surface area (TPSA) is 146 Å². The van der Waals surface area contributed by atoms with Gasteiger partial charge in [0.2, 0.25) is 5.89 Å². The van der Waals surface area contributed by atoms with E-state index in [1.807, 2.05) is 19.9 Å². The summed E-state index contributed by atoms with van der Waals surface area (Å²) >= 11 is 1.32. The Morgan fingerprint density at radius 2 is 2.24 bits per heavy atom. The van der Waals surface area contributed by atoms with E-state index in [-0.39, 0.29) is 18.4 Å². The lowest BCUT2D eigenvalue weighted by molar-refractivity contribution is 0.0945. The Kier molecular flexibility index (Phi) is 7.21. The van der Waals surface area contributed by atoms with Crippen molar-refractivity contribution >= 4 is 28.2 Å². The number of nitrogens with zero attached hydrogens (tertiary/aromatic N) is 7. The minimum absolute atomic E-state index is 0.168. The molecule has 33 heavy (non-hydrogen) atoms. The van der Waals surface area contributed by atoms with Crippen molar-refractivity contribution in [3.05, 3.63) is 40.4 Å². The van der Waals surface area contributed by atoms with E-state index < -0.39 is 0 Å². The number of hydrogen-bond acceptors (Lipinski definition) is 11. The molecule has 172 valence electrons. The third-order valence-electron chi connectivity index (χ3n) is 5.27. The summed E-state index contributed by atoms with van der Waals surface area (Å²) in [6.45, 7) is 6.12. The molecule has 0 spiro atoms. The molecular weight excluding hydrogens is 442 g/mol. The van der Waals surface area contributed by atoms with Crippen molar-refractivity contribution in [1.82, 2.24) is 35.3 Å². The summed E-state index contributed by atoms with van der Waals surface area (Å²) in [6, 6.07) is 4.15. The zero-order chi connectivity index (χ0) is 23.2. The Bertz CT molecular complexity index is 1150. The summed E-state index contributed by atoms with van der Waals surface area (Å²) in [7, 11) is 0. The molecular formula is C21H25N9O2S. The fourth-order valence-corrected chi connectivity index (χ4v) is 4.40. The van der Waals surface area contributed by atoms with Crippen LogP contribution in [-0.2, 0) is 13.0 Å². The van der Waals surface area contributed by atoms with Crippen molar-refractivity contribution in [3.63, 3.8) is 0 Å². The van der Waals surface area contributed by atoms with Crippen molar-refractivity contribution in [2.75, 3.05) is 25.0 Å². The third kappa shape index (κ3) is 5.88. The van der Waals surface area contributed by atoms with Gasteiger partial charge in [0.25, 0.3) is 5.91 Å². The van der Waals surface area contributed by atoms with Crippen LogP contribution in [0.25, 0.3) is 0 Å². The number of nitrogens with one attached hydrogen (secondary N) is 2. The first kappa shape index (κ1) is 22.8. The van der Waals surface area contributed by atoms with Crippen molar-refractivity contribution < 1.29 is 9.32 Å². The normalized spacial score (nSPS) is 16.3. The first-order valence-corrected chi connectivity index (χ1v) is 11.7. The standard InChI is InChI=1S/C21H25N9O2S/c1-3-19-27-18(29-32-19)10-23-20(31)16-12-33-21(26-16)28-17-9-15(24-13(2)25-17)14-5-4-7-30(11-14)8-6-22/h9,12,14H,3-5,7-8,10-11H2,1-2H3,(H,23,31)(H,24,25,26,28)/t14-/m1/s1. The van der Waals surface area contributed by atoms with E-state index in [0.717, 1.165) is 31.6 Å². The van der Waals surface area contributed by atoms with Crippen molar-refractivity contribution in [2.45, 2.75) is 45.6 Å². The zero-order valence-electron chi connectivity index (χ0n) is 18.5. The molecule has 1 atom stereocenters. The van der Waals surface area contributed by atoms with E-state index in [4.69, 9.17) is 9.78 Å². The maximum Gasteiger partial charge on any atom is 0.271 e. The predicted molar refractivity (Wildman–Crippen MR) is 121 cm³/mol. The highest BCUT2D eigenvalue weighted by atomic mass is 32.1. The van der Waals surface area contributed by atoms with Crippen LogP contribution in [0.5, 0.6) is 0 Å². The van der Waals surface area contributed by atoms with Crippen molar-refractivity contribution in [3.8, 4) is 6.07 Å². The number of rotatable bonds is 8. The Morgan fingerprint density at radius 3 is 3.03 bits per heavy atom. The molecule has 1 amide bonds. The molecule has 2 N–H and O–H groups in total. The monoisotopic (exact) mass is 467 g/mol. The summed E-state index contributed by atoms with van der Waals surface area (Å²) in [6.07, 6.45) is 2.71. The molecule has 4 heterocycles. The molecule has 4 rings (SSSR count). The molecule has 1 fully saturated rings. The number of hydrogen-bond donors (Lipinski definition) is 2. The lowest BCUT2D eigenvalue weighted by Crippen LogP contribution is -2.35. The Labute approximate surface area is 195 Å². The molecule has 0 saturated carbocycles. The second-order valence-electron chi connectivity index (χ2n) is 7.76. The fraction of sp³-hybridized carbons (Fsp3) is 0.476. The third-order valence-corrected chi connectivity index (χ3v) is 6.03. The number of likely N-dealkylation sites (tertiary alicyclic amines) is 1. The molecule has 0 radical (unpaired) electrons. The molecule has 0 unspecified atom stereocenters. The van der Waals surface area contributed by atoms with Gasteiger partial charge in [-0.15, -0.1) is 11.3 Å². The maximum absolute atomic E-state index is 12.4. The summed E-state index contributed by atoms with van der Waals surface area (Å²) in [5.41, 5.74) is 1.25. The Morgan fingerprint density at radius 1 is 1.36 bits per heavy atom. The van der Waals surface area contributed by atoms with Gasteiger partial charge in [-0.2, -0.15) is 10.2 Å². The van der Waals surface area contributed by atoms with Gasteiger partial charge in [0, 0.05) is 30.3 Å². The quantitative estimate of drug-likeness (QED) is 0.474. The molecule has 1 aliphatic heterocycles. The number of aromatic nitrogens is 5. The number of carbonyl (C=O) groups excluding carboxylic acids is 1. The van der Waals surface area contributed by atoms with Crippen LogP contribution in [0.15, 0.2) is 16.0 Å². The summed E-state index contributed by atoms with van der Waals surface area (Å²) in [5.74, 6) is 2.19. The minimum Gasteiger partial charge on any atom is -0.343 e. The van der Waals surface area contributed by atoms with E-state index in [1.54, 1.807) is 5.38 Å². The molecule has 0 bridgehead atoms. The molecule has 12 heteroatoms. The Hall–Kier alpha value is -3.43. The molecule has 1 aliphatic rings. The molecule has 11 nitrogen and oxygen atoms in total. The lowest BCUT2D eigenvalue weighted by atomic mass is 9.94. The fourth-order valence-electron chi connectivity index (χ4n) is 3.70. The Balaban J connectivity index is 1.39. The highest BCUT2D eigenvalue weighted by molar-refractivity contribution is 7.14. The van der Waals surface area contributed by atoms with Crippen molar-refractivity contribution in [1.29, 1.82) is 5.26 Å². The molecule has 3 aromatic rings. The number of piperidine rings is 1. The first-order valence-electron chi connectivity index (χ1n) is 10.8. The van der Waals surface area contributed by atoms with Crippen LogP contribution in [0.3, 0.4) is 0 Å². The van der Waals surface area contributed by atoms with E-state index in [0.29, 0.717) is 47.1 Å². The van der Waals surface area contributed by atoms with Crippen LogP contribution in [-0.4, -0.2) is 55.5 Å². The largest absolute Gasteiger partial charge is 0.343 e. The molecule has 3 aromatic heterocycles. The molecule has 1 saturated heterocycles. The van der Waals surface area contributed by atoms with E-state index >= 15 is 0 Å². The zero-order valence-corrected chi connectivity index (χ0v) is 19.4. The molecule has 0 aliphatic carbocycles. The van der Waals surface area contributed by atoms with Crippen LogP contribution in [0.2, 0.25) is 0 Å². The lowest BCUT2D eigenvalue weighted by Gasteiger charge is -2.30. The van der Waals surface area contributed by atoms with Gasteiger partial charge in [-0.3, -0.25) is 9.69 Å². The van der Waals surface area contributed by atoms with E-state index in [9.17, 15) is 4.79 Å².